The third-order valence-electron chi connectivity index (χ3n) is 0.257. The van der Waals surface area contributed by atoms with Crippen LogP contribution in [0.4, 0.5) is 4.79 Å². The molecule has 0 amide bonds. The minimum Gasteiger partial charge on any atom is -0.258 e. The van der Waals surface area contributed by atoms with Crippen molar-refractivity contribution in [2.75, 3.05) is 7.11 Å². The first-order valence-corrected chi connectivity index (χ1v) is 1.54. The topological polar surface area (TPSA) is 74.2 Å². The maximum absolute atomic E-state index is 9.79. The number of hydrogen-bond donors (Lipinski definition) is 1. The van der Waals surface area contributed by atoms with Crippen LogP contribution in [0.25, 0.3) is 0 Å². The summed E-state index contributed by atoms with van der Waals surface area (Å²) in [6.45, 7) is 0. The molecule has 0 atom stereocenters. The number of carbonyl (C=O) groups excluding carboxylic acids is 1. The predicted octanol–water partition coefficient (Wildman–Crippen LogP) is 0.106. The van der Waals surface area contributed by atoms with E-state index < -0.39 is 6.16 Å². The smallest absolute Gasteiger partial charge is 0.258 e. The number of rotatable bonds is 2. The van der Waals surface area contributed by atoms with Gasteiger partial charge in [-0.3, -0.25) is 4.89 Å². The highest BCUT2D eigenvalue weighted by Crippen LogP contribution is 1.82. The second kappa shape index (κ2) is 4.31. The van der Waals surface area contributed by atoms with Gasteiger partial charge in [-0.05, 0) is 5.04 Å². The fraction of sp³-hybridized carbons (Fsp3) is 0.500. The van der Waals surface area contributed by atoms with E-state index in [1.807, 2.05) is 0 Å². The van der Waals surface area contributed by atoms with E-state index in [1.54, 1.807) is 0 Å². The van der Waals surface area contributed by atoms with E-state index in [1.165, 1.54) is 0 Å². The molecule has 0 saturated heterocycles. The average molecular weight is 124 g/mol. The van der Waals surface area contributed by atoms with E-state index in [-0.39, 0.29) is 0 Å². The lowest BCUT2D eigenvalue weighted by atomic mass is 11.4. The molecule has 1 N–H and O–H groups in total. The van der Waals surface area contributed by atoms with Gasteiger partial charge in [-0.2, -0.15) is 9.68 Å². The summed E-state index contributed by atoms with van der Waals surface area (Å²) < 4.78 is 0. The van der Waals surface area contributed by atoms with Crippen LogP contribution in [0.2, 0.25) is 0 Å². The summed E-state index contributed by atoms with van der Waals surface area (Å²) in [4.78, 5) is 20.6. The lowest BCUT2D eigenvalue weighted by Crippen LogP contribution is -2.04. The van der Waals surface area contributed by atoms with Crippen molar-refractivity contribution in [1.29, 1.82) is 0 Å². The molecule has 48 valence electrons. The summed E-state index contributed by atoms with van der Waals surface area (Å²) in [7, 11) is 1.10. The van der Waals surface area contributed by atoms with Crippen molar-refractivity contribution in [3.63, 3.8) is 0 Å². The van der Waals surface area contributed by atoms with E-state index in [0.29, 0.717) is 0 Å². The summed E-state index contributed by atoms with van der Waals surface area (Å²) >= 11 is 0. The zero-order valence-electron chi connectivity index (χ0n) is 3.99. The van der Waals surface area contributed by atoms with Crippen molar-refractivity contribution in [1.82, 2.24) is 0 Å². The van der Waals surface area contributed by atoms with Gasteiger partial charge in [-0.15, -0.1) is 0 Å². The predicted molar refractivity (Wildman–Crippen MR) is 18.3 cm³/mol. The van der Waals surface area contributed by atoms with Crippen molar-refractivity contribution in [3.8, 4) is 0 Å². The number of carbonyl (C=O) groups is 1. The minimum atomic E-state index is -1.28. The molecule has 0 aromatic rings. The van der Waals surface area contributed by atoms with E-state index in [9.17, 15) is 4.79 Å². The Hall–Kier alpha value is -0.850. The molecule has 0 aliphatic carbocycles. The van der Waals surface area contributed by atoms with Crippen LogP contribution in [0.1, 0.15) is 0 Å². The molecule has 0 radical (unpaired) electrons. The maximum Gasteiger partial charge on any atom is 0.575 e. The Bertz CT molecular complexity index is 60.9. The van der Waals surface area contributed by atoms with Gasteiger partial charge >= 0.3 is 6.16 Å². The fourth-order valence-corrected chi connectivity index (χ4v) is 0.112. The molecule has 0 fully saturated rings. The zero-order valence-corrected chi connectivity index (χ0v) is 3.99. The Morgan fingerprint density at radius 2 is 2.12 bits per heavy atom. The van der Waals surface area contributed by atoms with Crippen LogP contribution >= 0.6 is 0 Å². The summed E-state index contributed by atoms with van der Waals surface area (Å²) in [5.41, 5.74) is 0. The molecule has 6 nitrogen and oxygen atoms in total. The monoisotopic (exact) mass is 124 g/mol. The van der Waals surface area contributed by atoms with E-state index in [4.69, 9.17) is 5.26 Å². The van der Waals surface area contributed by atoms with Gasteiger partial charge in [0.15, 0.2) is 0 Å². The lowest BCUT2D eigenvalue weighted by molar-refractivity contribution is -0.470. The van der Waals surface area contributed by atoms with Crippen LogP contribution in [0.5, 0.6) is 0 Å². The Morgan fingerprint density at radius 1 is 1.50 bits per heavy atom. The van der Waals surface area contributed by atoms with Gasteiger partial charge < -0.3 is 0 Å². The Labute approximate surface area is 44.3 Å². The highest BCUT2D eigenvalue weighted by molar-refractivity contribution is 5.57. The standard InChI is InChI=1S/C2H4O6/c1-5-6-2(3)7-8-4/h4H,1H3. The van der Waals surface area contributed by atoms with E-state index >= 15 is 0 Å². The van der Waals surface area contributed by atoms with E-state index in [2.05, 4.69) is 19.7 Å². The average Bonchev–Trinajstić information content (AvgIpc) is 1.68. The molecule has 0 aromatic carbocycles. The summed E-state index contributed by atoms with van der Waals surface area (Å²) in [5, 5.41) is 10.3. The molecule has 0 bridgehead atoms. The molecule has 8 heavy (non-hydrogen) atoms. The molecule has 0 unspecified atom stereocenters. The van der Waals surface area contributed by atoms with Gasteiger partial charge in [0.05, 0.1) is 7.11 Å². The third kappa shape index (κ3) is 3.34. The zero-order chi connectivity index (χ0) is 6.41. The van der Waals surface area contributed by atoms with E-state index in [0.717, 1.165) is 7.11 Å². The maximum atomic E-state index is 9.79. The van der Waals surface area contributed by atoms with Crippen LogP contribution in [0, 0.1) is 0 Å². The first kappa shape index (κ1) is 7.15. The quantitative estimate of drug-likeness (QED) is 0.415. The summed E-state index contributed by atoms with van der Waals surface area (Å²) in [5.74, 6) is 0. The highest BCUT2D eigenvalue weighted by atomic mass is 17.5. The van der Waals surface area contributed by atoms with Crippen molar-refractivity contribution in [3.05, 3.63) is 0 Å². The third-order valence-corrected chi connectivity index (χ3v) is 0.257. The Balaban J connectivity index is 3.06. The molecule has 0 aliphatic heterocycles. The molecule has 0 aliphatic rings. The van der Waals surface area contributed by atoms with Crippen LogP contribution < -0.4 is 0 Å². The minimum absolute atomic E-state index is 1.10. The molecule has 0 rings (SSSR count). The first-order chi connectivity index (χ1) is 3.81. The van der Waals surface area contributed by atoms with Crippen molar-refractivity contribution in [2.24, 2.45) is 0 Å². The first-order valence-electron chi connectivity index (χ1n) is 1.54. The van der Waals surface area contributed by atoms with Crippen molar-refractivity contribution < 1.29 is 29.8 Å². The fourth-order valence-electron chi connectivity index (χ4n) is 0.112. The van der Waals surface area contributed by atoms with Crippen molar-refractivity contribution in [2.45, 2.75) is 0 Å². The summed E-state index contributed by atoms with van der Waals surface area (Å²) in [6.07, 6.45) is -1.28. The largest absolute Gasteiger partial charge is 0.575 e. The molecular formula is C2H4O6. The molecular weight excluding hydrogens is 120 g/mol. The van der Waals surface area contributed by atoms with Gasteiger partial charge in [0, 0.05) is 0 Å². The second-order valence-electron chi connectivity index (χ2n) is 0.658. The molecule has 0 heterocycles. The SMILES string of the molecule is COOC(=O)OOO. The Kier molecular flexibility index (Phi) is 3.85. The Morgan fingerprint density at radius 3 is 2.50 bits per heavy atom. The molecule has 0 saturated carbocycles. The molecule has 6 heteroatoms. The lowest BCUT2D eigenvalue weighted by Gasteiger charge is -1.92. The van der Waals surface area contributed by atoms with Crippen LogP contribution in [-0.4, -0.2) is 18.5 Å². The van der Waals surface area contributed by atoms with Crippen LogP contribution in [-0.2, 0) is 19.7 Å². The summed E-state index contributed by atoms with van der Waals surface area (Å²) in [6, 6.07) is 0. The number of hydrogen-bond acceptors (Lipinski definition) is 6. The van der Waals surface area contributed by atoms with Crippen LogP contribution in [0.15, 0.2) is 0 Å². The molecule has 0 aromatic heterocycles. The second-order valence-corrected chi connectivity index (χ2v) is 0.658. The van der Waals surface area contributed by atoms with Gasteiger partial charge in [-0.1, -0.05) is 0 Å². The van der Waals surface area contributed by atoms with Gasteiger partial charge in [0.25, 0.3) is 0 Å². The van der Waals surface area contributed by atoms with Crippen LogP contribution in [0.3, 0.4) is 0 Å². The van der Waals surface area contributed by atoms with Gasteiger partial charge in [0.1, 0.15) is 0 Å². The normalized spacial score (nSPS) is 8.25. The van der Waals surface area contributed by atoms with Gasteiger partial charge in [-0.25, -0.2) is 10.1 Å². The highest BCUT2D eigenvalue weighted by Gasteiger charge is 2.02. The molecule has 0 spiro atoms. The van der Waals surface area contributed by atoms with Gasteiger partial charge in [0.2, 0.25) is 0 Å². The van der Waals surface area contributed by atoms with Crippen molar-refractivity contribution >= 4 is 6.16 Å².